The molecule has 0 atom stereocenters. The highest BCUT2D eigenvalue weighted by molar-refractivity contribution is 6.10. The molecule has 3 rings (SSSR count). The summed E-state index contributed by atoms with van der Waals surface area (Å²) in [4.78, 5) is 25.6. The molecule has 4 nitrogen and oxygen atoms in total. The van der Waals surface area contributed by atoms with Crippen LogP contribution in [0.15, 0.2) is 42.5 Å². The van der Waals surface area contributed by atoms with Gasteiger partial charge in [-0.05, 0) is 50.3 Å². The van der Waals surface area contributed by atoms with Gasteiger partial charge in [0.05, 0.1) is 0 Å². The van der Waals surface area contributed by atoms with Crippen molar-refractivity contribution in [3.63, 3.8) is 0 Å². The van der Waals surface area contributed by atoms with Crippen LogP contribution in [0, 0.1) is 26.2 Å². The van der Waals surface area contributed by atoms with Crippen molar-refractivity contribution < 1.29 is 14.3 Å². The number of hydrogen-bond acceptors (Lipinski definition) is 3. The highest BCUT2D eigenvalue weighted by Gasteiger charge is 2.52. The second-order valence-corrected chi connectivity index (χ2v) is 7.23. The molecule has 0 aliphatic heterocycles. The van der Waals surface area contributed by atoms with E-state index in [9.17, 15) is 9.59 Å². The van der Waals surface area contributed by atoms with Gasteiger partial charge in [0, 0.05) is 5.69 Å². The minimum Gasteiger partial charge on any atom is -0.460 e. The summed E-state index contributed by atoms with van der Waals surface area (Å²) < 4.78 is 5.47. The molecule has 0 aromatic heterocycles. The zero-order chi connectivity index (χ0) is 18.7. The van der Waals surface area contributed by atoms with Gasteiger partial charge in [0.25, 0.3) is 0 Å². The van der Waals surface area contributed by atoms with Crippen molar-refractivity contribution in [1.29, 1.82) is 0 Å². The number of anilines is 1. The van der Waals surface area contributed by atoms with E-state index in [2.05, 4.69) is 5.32 Å². The molecule has 1 aliphatic rings. The average molecular weight is 351 g/mol. The van der Waals surface area contributed by atoms with Crippen LogP contribution in [0.3, 0.4) is 0 Å². The molecule has 0 bridgehead atoms. The Kier molecular flexibility index (Phi) is 5.12. The summed E-state index contributed by atoms with van der Waals surface area (Å²) in [5.74, 6) is -0.676. The summed E-state index contributed by atoms with van der Waals surface area (Å²) in [6.07, 6.45) is 1.94. The van der Waals surface area contributed by atoms with Crippen LogP contribution in [0.5, 0.6) is 0 Å². The van der Waals surface area contributed by atoms with E-state index in [0.29, 0.717) is 12.8 Å². The third-order valence-electron chi connectivity index (χ3n) is 5.16. The molecular formula is C22H25NO3. The number of aryl methyl sites for hydroxylation is 3. The van der Waals surface area contributed by atoms with Gasteiger partial charge >= 0.3 is 5.97 Å². The van der Waals surface area contributed by atoms with Crippen LogP contribution in [0.2, 0.25) is 0 Å². The highest BCUT2D eigenvalue weighted by Crippen LogP contribution is 2.43. The molecule has 1 aliphatic carbocycles. The van der Waals surface area contributed by atoms with E-state index in [1.807, 2.05) is 63.2 Å². The maximum atomic E-state index is 12.9. The quantitative estimate of drug-likeness (QED) is 0.639. The lowest BCUT2D eigenvalue weighted by atomic mass is 9.68. The van der Waals surface area contributed by atoms with Crippen LogP contribution in [0.25, 0.3) is 0 Å². The van der Waals surface area contributed by atoms with Crippen LogP contribution in [-0.2, 0) is 20.9 Å². The fraction of sp³-hybridized carbons (Fsp3) is 0.364. The third kappa shape index (κ3) is 3.50. The molecule has 136 valence electrons. The van der Waals surface area contributed by atoms with Gasteiger partial charge < -0.3 is 10.1 Å². The summed E-state index contributed by atoms with van der Waals surface area (Å²) in [6, 6.07) is 13.6. The maximum Gasteiger partial charge on any atom is 0.321 e. The van der Waals surface area contributed by atoms with Gasteiger partial charge in [-0.15, -0.1) is 0 Å². The van der Waals surface area contributed by atoms with Crippen LogP contribution >= 0.6 is 0 Å². The molecular weight excluding hydrogens is 326 g/mol. The second-order valence-electron chi connectivity index (χ2n) is 7.23. The molecule has 1 amide bonds. The van der Waals surface area contributed by atoms with Crippen molar-refractivity contribution in [2.24, 2.45) is 5.41 Å². The van der Waals surface area contributed by atoms with E-state index >= 15 is 0 Å². The van der Waals surface area contributed by atoms with Crippen LogP contribution < -0.4 is 5.32 Å². The Labute approximate surface area is 154 Å². The van der Waals surface area contributed by atoms with E-state index in [4.69, 9.17) is 4.74 Å². The molecule has 26 heavy (non-hydrogen) atoms. The van der Waals surface area contributed by atoms with E-state index < -0.39 is 11.4 Å². The zero-order valence-electron chi connectivity index (χ0n) is 15.6. The number of esters is 1. The highest BCUT2D eigenvalue weighted by atomic mass is 16.5. The average Bonchev–Trinajstić information content (AvgIpc) is 2.56. The van der Waals surface area contributed by atoms with Gasteiger partial charge in [-0.1, -0.05) is 54.4 Å². The number of carbonyl (C=O) groups is 2. The standard InChI is InChI=1S/C22H25NO3/c1-15-12-16(2)19(17(3)13-15)23-20(24)22(10-7-11-22)21(25)26-14-18-8-5-4-6-9-18/h4-6,8-9,12-13H,7,10-11,14H2,1-3H3,(H,23,24). The van der Waals surface area contributed by atoms with Crippen molar-refractivity contribution in [2.45, 2.75) is 46.6 Å². The van der Waals surface area contributed by atoms with Gasteiger partial charge in [-0.25, -0.2) is 0 Å². The number of hydrogen-bond donors (Lipinski definition) is 1. The molecule has 2 aromatic carbocycles. The Bertz CT molecular complexity index is 800. The van der Waals surface area contributed by atoms with Crippen molar-refractivity contribution in [3.05, 3.63) is 64.7 Å². The normalized spacial score (nSPS) is 15.0. The predicted octanol–water partition coefficient (Wildman–Crippen LogP) is 4.46. The first-order valence-corrected chi connectivity index (χ1v) is 9.03. The number of amides is 1. The van der Waals surface area contributed by atoms with Crippen molar-refractivity contribution in [1.82, 2.24) is 0 Å². The largest absolute Gasteiger partial charge is 0.460 e. The first-order chi connectivity index (χ1) is 12.4. The van der Waals surface area contributed by atoms with Gasteiger partial charge in [-0.2, -0.15) is 0 Å². The van der Waals surface area contributed by atoms with E-state index in [1.54, 1.807) is 0 Å². The first kappa shape index (κ1) is 18.2. The minimum atomic E-state index is -1.06. The molecule has 1 fully saturated rings. The SMILES string of the molecule is Cc1cc(C)c(NC(=O)C2(C(=O)OCc3ccccc3)CCC2)c(C)c1. The fourth-order valence-corrected chi connectivity index (χ4v) is 3.53. The molecule has 0 unspecified atom stereocenters. The summed E-state index contributed by atoms with van der Waals surface area (Å²) in [5, 5.41) is 2.99. The van der Waals surface area contributed by atoms with E-state index in [-0.39, 0.29) is 12.5 Å². The number of ether oxygens (including phenoxy) is 1. The van der Waals surface area contributed by atoms with Crippen LogP contribution in [-0.4, -0.2) is 11.9 Å². The molecule has 0 heterocycles. The predicted molar refractivity (Wildman–Crippen MR) is 102 cm³/mol. The van der Waals surface area contributed by atoms with E-state index in [1.165, 1.54) is 0 Å². The summed E-state index contributed by atoms with van der Waals surface area (Å²) in [5.41, 5.74) is 3.81. The van der Waals surface area contributed by atoms with Gasteiger partial charge in [-0.3, -0.25) is 9.59 Å². The topological polar surface area (TPSA) is 55.4 Å². The zero-order valence-corrected chi connectivity index (χ0v) is 15.6. The fourth-order valence-electron chi connectivity index (χ4n) is 3.53. The minimum absolute atomic E-state index is 0.192. The van der Waals surface area contributed by atoms with Crippen molar-refractivity contribution >= 4 is 17.6 Å². The van der Waals surface area contributed by atoms with Crippen molar-refractivity contribution in [2.75, 3.05) is 5.32 Å². The monoisotopic (exact) mass is 351 g/mol. The molecule has 4 heteroatoms. The lowest BCUT2D eigenvalue weighted by Gasteiger charge is -2.37. The van der Waals surface area contributed by atoms with Crippen LogP contribution in [0.4, 0.5) is 5.69 Å². The Morgan fingerprint density at radius 1 is 1.04 bits per heavy atom. The summed E-state index contributed by atoms with van der Waals surface area (Å²) in [6.45, 7) is 6.16. The lowest BCUT2D eigenvalue weighted by molar-refractivity contribution is -0.166. The number of carbonyl (C=O) groups excluding carboxylic acids is 2. The summed E-state index contributed by atoms with van der Waals surface area (Å²) >= 11 is 0. The van der Waals surface area contributed by atoms with Crippen LogP contribution in [0.1, 0.15) is 41.5 Å². The lowest BCUT2D eigenvalue weighted by Crippen LogP contribution is -2.49. The molecule has 1 saturated carbocycles. The molecule has 0 spiro atoms. The van der Waals surface area contributed by atoms with E-state index in [0.717, 1.165) is 34.4 Å². The van der Waals surface area contributed by atoms with Gasteiger partial charge in [0.15, 0.2) is 0 Å². The molecule has 0 radical (unpaired) electrons. The first-order valence-electron chi connectivity index (χ1n) is 9.03. The smallest absolute Gasteiger partial charge is 0.321 e. The molecule has 1 N–H and O–H groups in total. The second kappa shape index (κ2) is 7.32. The Balaban J connectivity index is 1.73. The number of nitrogens with one attached hydrogen (secondary N) is 1. The Hall–Kier alpha value is -2.62. The van der Waals surface area contributed by atoms with Gasteiger partial charge in [0.1, 0.15) is 12.0 Å². The Morgan fingerprint density at radius 3 is 2.19 bits per heavy atom. The number of rotatable bonds is 5. The summed E-state index contributed by atoms with van der Waals surface area (Å²) in [7, 11) is 0. The molecule has 0 saturated heterocycles. The third-order valence-corrected chi connectivity index (χ3v) is 5.16. The van der Waals surface area contributed by atoms with Gasteiger partial charge in [0.2, 0.25) is 5.91 Å². The number of benzene rings is 2. The Morgan fingerprint density at radius 2 is 1.65 bits per heavy atom. The maximum absolute atomic E-state index is 12.9. The molecule has 2 aromatic rings. The van der Waals surface area contributed by atoms with Crippen molar-refractivity contribution in [3.8, 4) is 0 Å².